The molecule has 2 heteroatoms. The van der Waals surface area contributed by atoms with Crippen molar-refractivity contribution in [2.45, 2.75) is 38.5 Å². The summed E-state index contributed by atoms with van der Waals surface area (Å²) in [6, 6.07) is 8.51. The van der Waals surface area contributed by atoms with Gasteiger partial charge in [-0.2, -0.15) is 0 Å². The molecule has 16 heavy (non-hydrogen) atoms. The Morgan fingerprint density at radius 3 is 2.25 bits per heavy atom. The second-order valence-corrected chi connectivity index (χ2v) is 5.14. The normalized spacial score (nSPS) is 13.8. The van der Waals surface area contributed by atoms with E-state index in [9.17, 15) is 5.11 Å². The maximum Gasteiger partial charge on any atom is 0.0522 e. The molecule has 0 saturated heterocycles. The summed E-state index contributed by atoms with van der Waals surface area (Å²) >= 11 is 0. The number of aliphatic hydroxyl groups excluding tert-OH is 1. The predicted octanol–water partition coefficient (Wildman–Crippen LogP) is 2.41. The largest absolute Gasteiger partial charge is 0.395 e. The molecule has 0 radical (unpaired) electrons. The maximum atomic E-state index is 9.29. The molecule has 90 valence electrons. The van der Waals surface area contributed by atoms with Crippen LogP contribution in [0.2, 0.25) is 0 Å². The average Bonchev–Trinajstić information content (AvgIpc) is 2.29. The third-order valence-electron chi connectivity index (χ3n) is 3.26. The minimum atomic E-state index is -0.157. The second-order valence-electron chi connectivity index (χ2n) is 5.14. The van der Waals surface area contributed by atoms with Crippen LogP contribution in [0.5, 0.6) is 0 Å². The first kappa shape index (κ1) is 13.2. The van der Waals surface area contributed by atoms with Crippen LogP contribution in [0.25, 0.3) is 0 Å². The van der Waals surface area contributed by atoms with Crippen LogP contribution in [0, 0.1) is 0 Å². The predicted molar refractivity (Wildman–Crippen MR) is 68.6 cm³/mol. The van der Waals surface area contributed by atoms with E-state index in [4.69, 9.17) is 5.73 Å². The Balaban J connectivity index is 2.83. The van der Waals surface area contributed by atoms with E-state index in [0.29, 0.717) is 5.92 Å². The SMILES string of the molecule is CC(CCN)c1ccc(C(C)(C)CO)cc1. The molecule has 1 atom stereocenters. The van der Waals surface area contributed by atoms with Crippen molar-refractivity contribution in [3.05, 3.63) is 35.4 Å². The van der Waals surface area contributed by atoms with Gasteiger partial charge in [0.2, 0.25) is 0 Å². The van der Waals surface area contributed by atoms with Gasteiger partial charge in [0.15, 0.2) is 0 Å². The van der Waals surface area contributed by atoms with E-state index in [1.807, 2.05) is 13.8 Å². The van der Waals surface area contributed by atoms with E-state index in [1.165, 1.54) is 11.1 Å². The van der Waals surface area contributed by atoms with Crippen molar-refractivity contribution in [1.82, 2.24) is 0 Å². The van der Waals surface area contributed by atoms with Crippen LogP contribution in [0.15, 0.2) is 24.3 Å². The van der Waals surface area contributed by atoms with Gasteiger partial charge in [-0.1, -0.05) is 45.0 Å². The topological polar surface area (TPSA) is 46.2 Å². The number of hydrogen-bond acceptors (Lipinski definition) is 2. The fourth-order valence-electron chi connectivity index (χ4n) is 1.77. The van der Waals surface area contributed by atoms with E-state index in [-0.39, 0.29) is 12.0 Å². The lowest BCUT2D eigenvalue weighted by molar-refractivity contribution is 0.218. The Morgan fingerprint density at radius 2 is 1.81 bits per heavy atom. The minimum Gasteiger partial charge on any atom is -0.395 e. The average molecular weight is 221 g/mol. The van der Waals surface area contributed by atoms with Crippen molar-refractivity contribution in [3.63, 3.8) is 0 Å². The summed E-state index contributed by atoms with van der Waals surface area (Å²) in [5, 5.41) is 9.29. The lowest BCUT2D eigenvalue weighted by Crippen LogP contribution is -2.21. The molecule has 3 N–H and O–H groups in total. The fourth-order valence-corrected chi connectivity index (χ4v) is 1.77. The lowest BCUT2D eigenvalue weighted by Gasteiger charge is -2.23. The zero-order chi connectivity index (χ0) is 12.2. The molecule has 0 aromatic heterocycles. The van der Waals surface area contributed by atoms with Gasteiger partial charge in [-0.15, -0.1) is 0 Å². The Morgan fingerprint density at radius 1 is 1.25 bits per heavy atom. The molecule has 0 bridgehead atoms. The third kappa shape index (κ3) is 3.06. The van der Waals surface area contributed by atoms with E-state index in [0.717, 1.165) is 13.0 Å². The molecule has 1 unspecified atom stereocenters. The summed E-state index contributed by atoms with van der Waals surface area (Å²) in [4.78, 5) is 0. The van der Waals surface area contributed by atoms with Crippen molar-refractivity contribution in [3.8, 4) is 0 Å². The van der Waals surface area contributed by atoms with Gasteiger partial charge in [-0.25, -0.2) is 0 Å². The zero-order valence-electron chi connectivity index (χ0n) is 10.5. The number of hydrogen-bond donors (Lipinski definition) is 2. The number of benzene rings is 1. The fraction of sp³-hybridized carbons (Fsp3) is 0.571. The van der Waals surface area contributed by atoms with Gasteiger partial charge in [0.25, 0.3) is 0 Å². The molecule has 0 aliphatic heterocycles. The minimum absolute atomic E-state index is 0.157. The van der Waals surface area contributed by atoms with Crippen LogP contribution in [-0.4, -0.2) is 18.3 Å². The molecular formula is C14H23NO. The molecule has 0 saturated carbocycles. The summed E-state index contributed by atoms with van der Waals surface area (Å²) in [5.41, 5.74) is 7.90. The molecular weight excluding hydrogens is 198 g/mol. The summed E-state index contributed by atoms with van der Waals surface area (Å²) < 4.78 is 0. The quantitative estimate of drug-likeness (QED) is 0.802. The Labute approximate surface area is 98.5 Å². The van der Waals surface area contributed by atoms with Gasteiger partial charge in [-0.3, -0.25) is 0 Å². The Kier molecular flexibility index (Phi) is 4.51. The third-order valence-corrected chi connectivity index (χ3v) is 3.26. The molecule has 0 spiro atoms. The Hall–Kier alpha value is -0.860. The van der Waals surface area contributed by atoms with Gasteiger partial charge >= 0.3 is 0 Å². The Bertz CT molecular complexity index is 316. The first-order valence-corrected chi connectivity index (χ1v) is 5.92. The smallest absolute Gasteiger partial charge is 0.0522 e. The van der Waals surface area contributed by atoms with Crippen LogP contribution in [0.4, 0.5) is 0 Å². The van der Waals surface area contributed by atoms with Gasteiger partial charge < -0.3 is 10.8 Å². The van der Waals surface area contributed by atoms with Crippen LogP contribution < -0.4 is 5.73 Å². The molecule has 0 heterocycles. The molecule has 2 nitrogen and oxygen atoms in total. The molecule has 1 aromatic carbocycles. The van der Waals surface area contributed by atoms with Crippen LogP contribution in [-0.2, 0) is 5.41 Å². The molecule has 1 aromatic rings. The second kappa shape index (κ2) is 5.46. The van der Waals surface area contributed by atoms with Gasteiger partial charge in [0, 0.05) is 5.41 Å². The molecule has 0 fully saturated rings. The van der Waals surface area contributed by atoms with E-state index in [1.54, 1.807) is 0 Å². The standard InChI is InChI=1S/C14H23NO/c1-11(8-9-15)12-4-6-13(7-5-12)14(2,3)10-16/h4-7,11,16H,8-10,15H2,1-3H3. The summed E-state index contributed by atoms with van der Waals surface area (Å²) in [5.74, 6) is 0.510. The lowest BCUT2D eigenvalue weighted by atomic mass is 9.84. The number of aliphatic hydroxyl groups is 1. The number of rotatable bonds is 5. The van der Waals surface area contributed by atoms with E-state index in [2.05, 4.69) is 31.2 Å². The van der Waals surface area contributed by atoms with Crippen molar-refractivity contribution >= 4 is 0 Å². The van der Waals surface area contributed by atoms with Crippen LogP contribution in [0.3, 0.4) is 0 Å². The summed E-state index contributed by atoms with van der Waals surface area (Å²) in [6.45, 7) is 7.19. The van der Waals surface area contributed by atoms with E-state index >= 15 is 0 Å². The molecule has 1 rings (SSSR count). The molecule has 0 aliphatic rings. The highest BCUT2D eigenvalue weighted by Gasteiger charge is 2.19. The van der Waals surface area contributed by atoms with Crippen molar-refractivity contribution < 1.29 is 5.11 Å². The zero-order valence-corrected chi connectivity index (χ0v) is 10.5. The monoisotopic (exact) mass is 221 g/mol. The molecule has 0 aliphatic carbocycles. The van der Waals surface area contributed by atoms with Gasteiger partial charge in [-0.05, 0) is 30.0 Å². The van der Waals surface area contributed by atoms with E-state index < -0.39 is 0 Å². The highest BCUT2D eigenvalue weighted by molar-refractivity contribution is 5.29. The highest BCUT2D eigenvalue weighted by Crippen LogP contribution is 2.25. The van der Waals surface area contributed by atoms with Crippen LogP contribution in [0.1, 0.15) is 44.2 Å². The summed E-state index contributed by atoms with van der Waals surface area (Å²) in [6.07, 6.45) is 1.02. The maximum absolute atomic E-state index is 9.29. The van der Waals surface area contributed by atoms with Crippen molar-refractivity contribution in [2.24, 2.45) is 5.73 Å². The van der Waals surface area contributed by atoms with Gasteiger partial charge in [0.05, 0.1) is 6.61 Å². The first-order valence-electron chi connectivity index (χ1n) is 5.92. The first-order chi connectivity index (χ1) is 7.51. The van der Waals surface area contributed by atoms with Crippen molar-refractivity contribution in [1.29, 1.82) is 0 Å². The highest BCUT2D eigenvalue weighted by atomic mass is 16.3. The molecule has 0 amide bonds. The summed E-state index contributed by atoms with van der Waals surface area (Å²) in [7, 11) is 0. The van der Waals surface area contributed by atoms with Crippen LogP contribution >= 0.6 is 0 Å². The van der Waals surface area contributed by atoms with Crippen molar-refractivity contribution in [2.75, 3.05) is 13.2 Å². The van der Waals surface area contributed by atoms with Gasteiger partial charge in [0.1, 0.15) is 0 Å². The number of nitrogens with two attached hydrogens (primary N) is 1.